The maximum Gasteiger partial charge on any atom is 0.315 e. The first kappa shape index (κ1) is 10.5. The van der Waals surface area contributed by atoms with Crippen molar-refractivity contribution in [3.05, 3.63) is 0 Å². The van der Waals surface area contributed by atoms with E-state index in [1.54, 1.807) is 6.92 Å². The van der Waals surface area contributed by atoms with Crippen LogP contribution < -0.4 is 0 Å². The van der Waals surface area contributed by atoms with Crippen LogP contribution in [0.5, 0.6) is 0 Å². The molecule has 0 bridgehead atoms. The lowest BCUT2D eigenvalue weighted by atomic mass is 9.99. The second kappa shape index (κ2) is 4.38. The molecule has 3 nitrogen and oxygen atoms in total. The van der Waals surface area contributed by atoms with E-state index in [0.717, 1.165) is 0 Å². The topological polar surface area (TPSA) is 54.4 Å². The van der Waals surface area contributed by atoms with E-state index in [1.807, 2.05) is 0 Å². The van der Waals surface area contributed by atoms with Crippen LogP contribution in [0.2, 0.25) is 0 Å². The van der Waals surface area contributed by atoms with Gasteiger partial charge in [-0.2, -0.15) is 12.6 Å². The summed E-state index contributed by atoms with van der Waals surface area (Å²) >= 11 is 4.00. The van der Waals surface area contributed by atoms with Crippen LogP contribution in [0.25, 0.3) is 0 Å². The quantitative estimate of drug-likeness (QED) is 0.496. The molecule has 0 fully saturated rings. The summed E-state index contributed by atoms with van der Waals surface area (Å²) in [6.45, 7) is 3.08. The molecule has 0 saturated carbocycles. The van der Waals surface area contributed by atoms with Crippen LogP contribution in [0.1, 0.15) is 20.3 Å². The SMILES string of the molecule is CCC(S)C(C(C)=O)C(=O)O. The molecule has 0 aromatic rings. The van der Waals surface area contributed by atoms with Gasteiger partial charge in [0.1, 0.15) is 11.7 Å². The van der Waals surface area contributed by atoms with Gasteiger partial charge in [0.25, 0.3) is 0 Å². The molecule has 0 saturated heterocycles. The second-order valence-electron chi connectivity index (χ2n) is 2.40. The molecule has 0 rings (SSSR count). The Labute approximate surface area is 71.2 Å². The minimum Gasteiger partial charge on any atom is -0.481 e. The summed E-state index contributed by atoms with van der Waals surface area (Å²) in [5.41, 5.74) is 0. The first-order chi connectivity index (χ1) is 5.00. The maximum atomic E-state index is 10.8. The predicted octanol–water partition coefficient (Wildman–Crippen LogP) is 0.985. The monoisotopic (exact) mass is 176 g/mol. The molecule has 1 N–H and O–H groups in total. The summed E-state index contributed by atoms with van der Waals surface area (Å²) in [4.78, 5) is 21.2. The van der Waals surface area contributed by atoms with Gasteiger partial charge in [0.05, 0.1) is 0 Å². The molecular weight excluding hydrogens is 164 g/mol. The highest BCUT2D eigenvalue weighted by Crippen LogP contribution is 2.15. The molecule has 0 spiro atoms. The largest absolute Gasteiger partial charge is 0.481 e. The summed E-state index contributed by atoms with van der Waals surface area (Å²) < 4.78 is 0. The van der Waals surface area contributed by atoms with Crippen molar-refractivity contribution in [2.24, 2.45) is 5.92 Å². The zero-order chi connectivity index (χ0) is 9.02. The van der Waals surface area contributed by atoms with E-state index in [-0.39, 0.29) is 11.0 Å². The summed E-state index contributed by atoms with van der Waals surface area (Å²) in [5.74, 6) is -2.37. The molecule has 0 aliphatic carbocycles. The van der Waals surface area contributed by atoms with Crippen molar-refractivity contribution >= 4 is 24.4 Å². The molecule has 0 aliphatic rings. The smallest absolute Gasteiger partial charge is 0.315 e. The number of ketones is 1. The lowest BCUT2D eigenvalue weighted by Gasteiger charge is -2.13. The first-order valence-corrected chi connectivity index (χ1v) is 3.93. The van der Waals surface area contributed by atoms with Gasteiger partial charge in [-0.25, -0.2) is 0 Å². The van der Waals surface area contributed by atoms with E-state index in [1.165, 1.54) is 6.92 Å². The van der Waals surface area contributed by atoms with Crippen LogP contribution in [0.15, 0.2) is 0 Å². The number of rotatable bonds is 4. The lowest BCUT2D eigenvalue weighted by Crippen LogP contribution is -2.30. The van der Waals surface area contributed by atoms with E-state index in [2.05, 4.69) is 12.6 Å². The Morgan fingerprint density at radius 2 is 2.00 bits per heavy atom. The van der Waals surface area contributed by atoms with Crippen molar-refractivity contribution in [1.82, 2.24) is 0 Å². The lowest BCUT2D eigenvalue weighted by molar-refractivity contribution is -0.145. The fourth-order valence-electron chi connectivity index (χ4n) is 0.845. The van der Waals surface area contributed by atoms with Crippen LogP contribution in [-0.2, 0) is 9.59 Å². The first-order valence-electron chi connectivity index (χ1n) is 3.42. The van der Waals surface area contributed by atoms with E-state index < -0.39 is 11.9 Å². The van der Waals surface area contributed by atoms with Crippen molar-refractivity contribution in [2.75, 3.05) is 0 Å². The Hall–Kier alpha value is -0.510. The maximum absolute atomic E-state index is 10.8. The Morgan fingerprint density at radius 3 is 2.09 bits per heavy atom. The van der Waals surface area contributed by atoms with Gasteiger partial charge in [-0.15, -0.1) is 0 Å². The molecule has 4 heteroatoms. The number of hydrogen-bond donors (Lipinski definition) is 2. The average molecular weight is 176 g/mol. The van der Waals surface area contributed by atoms with Crippen LogP contribution in [0.3, 0.4) is 0 Å². The van der Waals surface area contributed by atoms with Crippen molar-refractivity contribution in [1.29, 1.82) is 0 Å². The highest BCUT2D eigenvalue weighted by Gasteiger charge is 2.28. The molecule has 0 aromatic heterocycles. The number of aliphatic carboxylic acids is 1. The molecule has 0 aliphatic heterocycles. The van der Waals surface area contributed by atoms with Gasteiger partial charge < -0.3 is 5.11 Å². The van der Waals surface area contributed by atoms with Gasteiger partial charge in [0.15, 0.2) is 0 Å². The normalized spacial score (nSPS) is 15.5. The third-order valence-electron chi connectivity index (χ3n) is 1.51. The highest BCUT2D eigenvalue weighted by atomic mass is 32.1. The highest BCUT2D eigenvalue weighted by molar-refractivity contribution is 7.81. The summed E-state index contributed by atoms with van der Waals surface area (Å²) in [5, 5.41) is 8.21. The number of Topliss-reactive ketones (excluding diaryl/α,β-unsaturated/α-hetero) is 1. The predicted molar refractivity (Wildman–Crippen MR) is 44.9 cm³/mol. The van der Waals surface area contributed by atoms with Gasteiger partial charge in [-0.3, -0.25) is 9.59 Å². The molecule has 2 atom stereocenters. The number of carbonyl (C=O) groups is 2. The van der Waals surface area contributed by atoms with Crippen molar-refractivity contribution in [2.45, 2.75) is 25.5 Å². The minimum atomic E-state index is -1.08. The van der Waals surface area contributed by atoms with Crippen LogP contribution >= 0.6 is 12.6 Å². The number of carboxylic acid groups (broad SMARTS) is 1. The van der Waals surface area contributed by atoms with E-state index in [9.17, 15) is 9.59 Å². The fraction of sp³-hybridized carbons (Fsp3) is 0.714. The Bertz CT molecular complexity index is 153. The van der Waals surface area contributed by atoms with E-state index in [4.69, 9.17) is 5.11 Å². The standard InChI is InChI=1S/C7H12O3S/c1-3-5(11)6(4(2)8)7(9)10/h5-6,11H,3H2,1-2H3,(H,9,10). The minimum absolute atomic E-state index is 0.334. The number of hydrogen-bond acceptors (Lipinski definition) is 3. The third kappa shape index (κ3) is 2.93. The van der Waals surface area contributed by atoms with E-state index >= 15 is 0 Å². The molecule has 0 radical (unpaired) electrons. The molecule has 2 unspecified atom stereocenters. The van der Waals surface area contributed by atoms with Gasteiger partial charge in [-0.1, -0.05) is 6.92 Å². The zero-order valence-corrected chi connectivity index (χ0v) is 7.47. The molecule has 11 heavy (non-hydrogen) atoms. The van der Waals surface area contributed by atoms with Crippen molar-refractivity contribution < 1.29 is 14.7 Å². The molecule has 64 valence electrons. The van der Waals surface area contributed by atoms with Crippen LogP contribution in [0, 0.1) is 5.92 Å². The van der Waals surface area contributed by atoms with Crippen LogP contribution in [0.4, 0.5) is 0 Å². The molecular formula is C7H12O3S. The summed E-state index contributed by atoms with van der Waals surface area (Å²) in [6, 6.07) is 0. The fourth-order valence-corrected chi connectivity index (χ4v) is 1.18. The second-order valence-corrected chi connectivity index (χ2v) is 3.07. The van der Waals surface area contributed by atoms with E-state index in [0.29, 0.717) is 6.42 Å². The number of carboxylic acids is 1. The Kier molecular flexibility index (Phi) is 4.18. The summed E-state index contributed by atoms with van der Waals surface area (Å²) in [6.07, 6.45) is 0.583. The van der Waals surface area contributed by atoms with Gasteiger partial charge in [0.2, 0.25) is 0 Å². The molecule has 0 aromatic carbocycles. The van der Waals surface area contributed by atoms with Crippen molar-refractivity contribution in [3.63, 3.8) is 0 Å². The number of carbonyl (C=O) groups excluding carboxylic acids is 1. The van der Waals surface area contributed by atoms with Crippen LogP contribution in [-0.4, -0.2) is 22.1 Å². The van der Waals surface area contributed by atoms with Gasteiger partial charge in [0, 0.05) is 5.25 Å². The zero-order valence-electron chi connectivity index (χ0n) is 6.57. The average Bonchev–Trinajstić information content (AvgIpc) is 1.85. The van der Waals surface area contributed by atoms with Gasteiger partial charge in [-0.05, 0) is 13.3 Å². The molecule has 0 heterocycles. The van der Waals surface area contributed by atoms with Crippen molar-refractivity contribution in [3.8, 4) is 0 Å². The third-order valence-corrected chi connectivity index (χ3v) is 2.17. The Morgan fingerprint density at radius 1 is 1.55 bits per heavy atom. The Balaban J connectivity index is 4.34. The van der Waals surface area contributed by atoms with Gasteiger partial charge >= 0.3 is 5.97 Å². The summed E-state index contributed by atoms with van der Waals surface area (Å²) in [7, 11) is 0. The molecule has 0 amide bonds. The number of thiol groups is 1.